The highest BCUT2D eigenvalue weighted by atomic mass is 32.2. The van der Waals surface area contributed by atoms with Crippen LogP contribution in [0.15, 0.2) is 54.7 Å². The Morgan fingerprint density at radius 3 is 2.41 bits per heavy atom. The SMILES string of the molecule is Nc1cc(CN2c3cccc(C4CC4)c3CN(S(=O)(=O)C(F)(F)F)C[C@H]2CCc2ccc(F)cc2)ncc1F. The summed E-state index contributed by atoms with van der Waals surface area (Å²) in [5.74, 6) is -0.965. The first-order chi connectivity index (χ1) is 18.4. The quantitative estimate of drug-likeness (QED) is 0.383. The molecule has 5 rings (SSSR count). The highest BCUT2D eigenvalue weighted by Crippen LogP contribution is 2.46. The molecule has 0 saturated heterocycles. The predicted molar refractivity (Wildman–Crippen MR) is 137 cm³/mol. The van der Waals surface area contributed by atoms with E-state index in [1.165, 1.54) is 18.2 Å². The van der Waals surface area contributed by atoms with Crippen LogP contribution in [-0.2, 0) is 29.5 Å². The van der Waals surface area contributed by atoms with Gasteiger partial charge in [-0.05, 0) is 72.6 Å². The largest absolute Gasteiger partial charge is 0.511 e. The zero-order chi connectivity index (χ0) is 27.9. The number of nitrogens with two attached hydrogens (primary N) is 1. The van der Waals surface area contributed by atoms with Crippen LogP contribution in [0, 0.1) is 11.6 Å². The topological polar surface area (TPSA) is 79.5 Å². The molecule has 39 heavy (non-hydrogen) atoms. The monoisotopic (exact) mass is 566 g/mol. The summed E-state index contributed by atoms with van der Waals surface area (Å²) in [5, 5.41) is 0. The van der Waals surface area contributed by atoms with Gasteiger partial charge in [0.05, 0.1) is 24.1 Å². The molecule has 1 aliphatic carbocycles. The van der Waals surface area contributed by atoms with E-state index in [-0.39, 0.29) is 24.6 Å². The van der Waals surface area contributed by atoms with Gasteiger partial charge in [-0.3, -0.25) is 4.98 Å². The molecule has 1 fully saturated rings. The lowest BCUT2D eigenvalue weighted by Crippen LogP contribution is -2.47. The number of pyridine rings is 1. The van der Waals surface area contributed by atoms with Gasteiger partial charge in [-0.15, -0.1) is 0 Å². The molecule has 1 aliphatic heterocycles. The maximum absolute atomic E-state index is 13.8. The van der Waals surface area contributed by atoms with Gasteiger partial charge in [-0.25, -0.2) is 17.2 Å². The molecule has 1 aromatic heterocycles. The number of hydrogen-bond acceptors (Lipinski definition) is 5. The number of hydrogen-bond donors (Lipinski definition) is 1. The summed E-state index contributed by atoms with van der Waals surface area (Å²) in [7, 11) is -5.65. The molecule has 3 aromatic rings. The zero-order valence-electron chi connectivity index (χ0n) is 20.8. The van der Waals surface area contributed by atoms with Gasteiger partial charge >= 0.3 is 15.5 Å². The van der Waals surface area contributed by atoms with E-state index in [2.05, 4.69) is 4.98 Å². The van der Waals surface area contributed by atoms with E-state index < -0.39 is 46.3 Å². The number of fused-ring (bicyclic) bond motifs is 1. The molecule has 208 valence electrons. The molecule has 2 aromatic carbocycles. The molecule has 0 spiro atoms. The average Bonchev–Trinajstić information content (AvgIpc) is 3.73. The summed E-state index contributed by atoms with van der Waals surface area (Å²) in [6.07, 6.45) is 3.34. The number of aryl methyl sites for hydroxylation is 1. The molecule has 0 amide bonds. The van der Waals surface area contributed by atoms with Gasteiger partial charge < -0.3 is 10.6 Å². The highest BCUT2D eigenvalue weighted by molar-refractivity contribution is 7.89. The lowest BCUT2D eigenvalue weighted by Gasteiger charge is -2.34. The maximum Gasteiger partial charge on any atom is 0.511 e. The van der Waals surface area contributed by atoms with E-state index in [1.54, 1.807) is 18.2 Å². The Morgan fingerprint density at radius 1 is 1.05 bits per heavy atom. The summed E-state index contributed by atoms with van der Waals surface area (Å²) in [4.78, 5) is 5.97. The van der Waals surface area contributed by atoms with Gasteiger partial charge in [0.2, 0.25) is 0 Å². The van der Waals surface area contributed by atoms with Crippen LogP contribution in [0.3, 0.4) is 0 Å². The number of benzene rings is 2. The molecular formula is C27H27F5N4O2S. The Morgan fingerprint density at radius 2 is 1.77 bits per heavy atom. The molecule has 1 atom stereocenters. The smallest absolute Gasteiger partial charge is 0.396 e. The predicted octanol–water partition coefficient (Wildman–Crippen LogP) is 5.49. The maximum atomic E-state index is 13.8. The number of anilines is 2. The Balaban J connectivity index is 1.60. The molecular weight excluding hydrogens is 539 g/mol. The van der Waals surface area contributed by atoms with Crippen molar-refractivity contribution in [3.05, 3.63) is 88.7 Å². The third kappa shape index (κ3) is 5.72. The minimum absolute atomic E-state index is 0.0690. The fourth-order valence-electron chi connectivity index (χ4n) is 5.12. The van der Waals surface area contributed by atoms with E-state index in [9.17, 15) is 30.4 Å². The molecule has 0 unspecified atom stereocenters. The number of rotatable bonds is 7. The van der Waals surface area contributed by atoms with E-state index in [1.807, 2.05) is 17.0 Å². The van der Waals surface area contributed by atoms with Gasteiger partial charge in [0.25, 0.3) is 0 Å². The van der Waals surface area contributed by atoms with Crippen LogP contribution in [0.25, 0.3) is 0 Å². The molecule has 2 N–H and O–H groups in total. The van der Waals surface area contributed by atoms with Crippen LogP contribution in [0.4, 0.5) is 33.3 Å². The Hall–Kier alpha value is -3.25. The number of nitrogens with zero attached hydrogens (tertiary/aromatic N) is 3. The number of halogens is 5. The number of sulfonamides is 1. The molecule has 0 radical (unpaired) electrons. The first-order valence-corrected chi connectivity index (χ1v) is 14.0. The third-order valence-corrected chi connectivity index (χ3v) is 8.83. The van der Waals surface area contributed by atoms with Gasteiger partial charge in [0, 0.05) is 24.8 Å². The summed E-state index contributed by atoms with van der Waals surface area (Å²) < 4.78 is 94.7. The summed E-state index contributed by atoms with van der Waals surface area (Å²) in [6.45, 7) is -0.787. The van der Waals surface area contributed by atoms with Crippen LogP contribution < -0.4 is 10.6 Å². The van der Waals surface area contributed by atoms with E-state index >= 15 is 0 Å². The van der Waals surface area contributed by atoms with Crippen LogP contribution >= 0.6 is 0 Å². The standard InChI is InChI=1S/C27H27F5N4O2S/c28-19-9-4-17(5-10-19)6-11-21-15-35(39(37,38)27(30,31)32)16-23-22(18-7-8-18)2-1-3-26(23)36(21)14-20-12-25(33)24(29)13-34-20/h1-5,9-10,12-13,18,21H,6-8,11,14-16H2,(H2,33,34)/t21-/m1/s1. The fraction of sp³-hybridized carbons (Fsp3) is 0.370. The van der Waals surface area contributed by atoms with Crippen molar-refractivity contribution in [2.75, 3.05) is 17.2 Å². The summed E-state index contributed by atoms with van der Waals surface area (Å²) in [6, 6.07) is 11.8. The first kappa shape index (κ1) is 27.3. The number of aromatic nitrogens is 1. The van der Waals surface area contributed by atoms with Crippen molar-refractivity contribution in [1.29, 1.82) is 0 Å². The Kier molecular flexibility index (Phi) is 7.27. The molecule has 12 heteroatoms. The van der Waals surface area contributed by atoms with Crippen molar-refractivity contribution in [3.63, 3.8) is 0 Å². The normalized spacial score (nSPS) is 18.6. The van der Waals surface area contributed by atoms with Crippen LogP contribution in [0.5, 0.6) is 0 Å². The Labute approximate surface area is 223 Å². The van der Waals surface area contributed by atoms with Crippen LogP contribution in [0.1, 0.15) is 47.6 Å². The zero-order valence-corrected chi connectivity index (χ0v) is 21.7. The van der Waals surface area contributed by atoms with Gasteiger partial charge in [-0.1, -0.05) is 24.3 Å². The summed E-state index contributed by atoms with van der Waals surface area (Å²) >= 11 is 0. The average molecular weight is 567 g/mol. The van der Waals surface area contributed by atoms with Crippen molar-refractivity contribution in [1.82, 2.24) is 9.29 Å². The van der Waals surface area contributed by atoms with Gasteiger partial charge in [-0.2, -0.15) is 17.5 Å². The van der Waals surface area contributed by atoms with Gasteiger partial charge in [0.15, 0.2) is 5.82 Å². The second kappa shape index (κ2) is 10.4. The number of nitrogen functional groups attached to an aromatic ring is 1. The fourth-order valence-corrected chi connectivity index (χ4v) is 6.08. The van der Waals surface area contributed by atoms with Crippen molar-refractivity contribution in [3.8, 4) is 0 Å². The summed E-state index contributed by atoms with van der Waals surface area (Å²) in [5.41, 5.74) is 3.26. The minimum atomic E-state index is -5.65. The van der Waals surface area contributed by atoms with Crippen molar-refractivity contribution in [2.24, 2.45) is 0 Å². The van der Waals surface area contributed by atoms with E-state index in [4.69, 9.17) is 5.73 Å². The Bertz CT molecular complexity index is 1460. The van der Waals surface area contributed by atoms with Crippen LogP contribution in [0.2, 0.25) is 0 Å². The minimum Gasteiger partial charge on any atom is -0.396 e. The third-order valence-electron chi connectivity index (χ3n) is 7.29. The van der Waals surface area contributed by atoms with E-state index in [0.29, 0.717) is 27.7 Å². The first-order valence-electron chi connectivity index (χ1n) is 12.5. The molecule has 2 aliphatic rings. The highest BCUT2D eigenvalue weighted by Gasteiger charge is 2.51. The second-order valence-electron chi connectivity index (χ2n) is 10.0. The molecule has 6 nitrogen and oxygen atoms in total. The lowest BCUT2D eigenvalue weighted by atomic mass is 9.99. The van der Waals surface area contributed by atoms with Gasteiger partial charge in [0.1, 0.15) is 5.82 Å². The van der Waals surface area contributed by atoms with E-state index in [0.717, 1.165) is 30.2 Å². The second-order valence-corrected chi connectivity index (χ2v) is 11.9. The molecule has 2 heterocycles. The lowest BCUT2D eigenvalue weighted by molar-refractivity contribution is -0.0492. The van der Waals surface area contributed by atoms with Crippen molar-refractivity contribution in [2.45, 2.75) is 56.2 Å². The van der Waals surface area contributed by atoms with Crippen LogP contribution in [-0.4, -0.2) is 35.8 Å². The van der Waals surface area contributed by atoms with Crippen molar-refractivity contribution < 1.29 is 30.4 Å². The molecule has 0 bridgehead atoms. The number of alkyl halides is 3. The van der Waals surface area contributed by atoms with Crippen molar-refractivity contribution >= 4 is 21.4 Å². The molecule has 1 saturated carbocycles.